The van der Waals surface area contributed by atoms with Crippen molar-refractivity contribution >= 4 is 29.0 Å². The number of fused-ring (bicyclic) bond motifs is 1. The highest BCUT2D eigenvalue weighted by atomic mass is 19.1. The van der Waals surface area contributed by atoms with Gasteiger partial charge in [-0.3, -0.25) is 15.2 Å². The van der Waals surface area contributed by atoms with Gasteiger partial charge in [0.2, 0.25) is 0 Å². The van der Waals surface area contributed by atoms with Crippen molar-refractivity contribution in [1.29, 1.82) is 5.41 Å². The van der Waals surface area contributed by atoms with E-state index in [4.69, 9.17) is 5.41 Å². The molecule has 28 heavy (non-hydrogen) atoms. The predicted molar refractivity (Wildman–Crippen MR) is 101 cm³/mol. The van der Waals surface area contributed by atoms with Gasteiger partial charge in [-0.1, -0.05) is 13.8 Å². The number of rotatable bonds is 5. The number of anilines is 1. The van der Waals surface area contributed by atoms with Crippen LogP contribution in [0.3, 0.4) is 0 Å². The second-order valence-electron chi connectivity index (χ2n) is 6.53. The summed E-state index contributed by atoms with van der Waals surface area (Å²) in [5, 5.41) is 15.6. The van der Waals surface area contributed by atoms with Crippen molar-refractivity contribution in [2.24, 2.45) is 5.92 Å². The second-order valence-corrected chi connectivity index (χ2v) is 6.53. The van der Waals surface area contributed by atoms with E-state index in [1.54, 1.807) is 0 Å². The Labute approximate surface area is 158 Å². The molecule has 2 heterocycles. The van der Waals surface area contributed by atoms with E-state index in [0.717, 1.165) is 23.0 Å². The smallest absolute Gasteiger partial charge is 0.320 e. The number of aromatic nitrogens is 3. The number of hydrogen-bond acceptors (Lipinski definition) is 4. The maximum atomic E-state index is 14.1. The zero-order chi connectivity index (χ0) is 20.4. The summed E-state index contributed by atoms with van der Waals surface area (Å²) >= 11 is 0. The van der Waals surface area contributed by atoms with Crippen LogP contribution in [0.2, 0.25) is 0 Å². The van der Waals surface area contributed by atoms with Gasteiger partial charge in [-0.15, -0.1) is 0 Å². The molecule has 8 nitrogen and oxygen atoms in total. The zero-order valence-corrected chi connectivity index (χ0v) is 15.1. The summed E-state index contributed by atoms with van der Waals surface area (Å²) in [7, 11) is 0. The van der Waals surface area contributed by atoms with Gasteiger partial charge in [-0.25, -0.2) is 23.2 Å². The minimum atomic E-state index is -0.926. The molecule has 0 spiro atoms. The van der Waals surface area contributed by atoms with Gasteiger partial charge < -0.3 is 10.7 Å². The number of H-pyrrole nitrogens is 1. The fourth-order valence-electron chi connectivity index (χ4n) is 2.61. The average molecular weight is 388 g/mol. The number of hydrogen-bond donors (Lipinski definition) is 4. The van der Waals surface area contributed by atoms with Gasteiger partial charge >= 0.3 is 6.03 Å². The lowest BCUT2D eigenvalue weighted by Crippen LogP contribution is -2.32. The van der Waals surface area contributed by atoms with Crippen molar-refractivity contribution in [2.75, 3.05) is 11.9 Å². The number of benzene rings is 1. The predicted octanol–water partition coefficient (Wildman–Crippen LogP) is 2.77. The first-order valence-corrected chi connectivity index (χ1v) is 8.46. The van der Waals surface area contributed by atoms with Crippen LogP contribution in [0, 0.1) is 23.0 Å². The molecule has 0 aliphatic rings. The van der Waals surface area contributed by atoms with Gasteiger partial charge in [0.25, 0.3) is 5.56 Å². The number of pyridine rings is 1. The molecule has 0 fully saturated rings. The van der Waals surface area contributed by atoms with Crippen LogP contribution >= 0.6 is 0 Å². The van der Waals surface area contributed by atoms with Crippen LogP contribution in [0.25, 0.3) is 16.6 Å². The maximum Gasteiger partial charge on any atom is 0.320 e. The van der Waals surface area contributed by atoms with Crippen molar-refractivity contribution in [3.63, 3.8) is 0 Å². The normalized spacial score (nSPS) is 11.0. The van der Waals surface area contributed by atoms with Crippen molar-refractivity contribution < 1.29 is 13.6 Å². The molecule has 2 amide bonds. The van der Waals surface area contributed by atoms with Gasteiger partial charge in [0.15, 0.2) is 5.82 Å². The molecule has 3 aromatic rings. The third kappa shape index (κ3) is 3.61. The molecule has 0 bridgehead atoms. The standard InChI is InChI=1S/C18H18F2N6O2/c1-9(2)7-23-18(28)24-16-11(6-21)15-12(8-22-16)17(27)26(25-15)14-4-3-10(19)5-13(14)20/h3-6,8-9,21,25H,7H2,1-2H3,(H2,22,23,24,28). The zero-order valence-electron chi connectivity index (χ0n) is 15.1. The van der Waals surface area contributed by atoms with E-state index >= 15 is 0 Å². The van der Waals surface area contributed by atoms with Gasteiger partial charge in [0, 0.05) is 25.0 Å². The number of nitrogens with zero attached hydrogens (tertiary/aromatic N) is 2. The van der Waals surface area contributed by atoms with Crippen LogP contribution in [-0.2, 0) is 0 Å². The fraction of sp³-hybridized carbons (Fsp3) is 0.222. The van der Waals surface area contributed by atoms with Crippen LogP contribution in [0.4, 0.5) is 19.4 Å². The summed E-state index contributed by atoms with van der Waals surface area (Å²) in [4.78, 5) is 28.6. The second kappa shape index (κ2) is 7.59. The molecule has 0 aliphatic carbocycles. The molecule has 10 heteroatoms. The van der Waals surface area contributed by atoms with E-state index in [9.17, 15) is 18.4 Å². The average Bonchev–Trinajstić information content (AvgIpc) is 2.96. The topological polar surface area (TPSA) is 116 Å². The van der Waals surface area contributed by atoms with Gasteiger partial charge in [-0.05, 0) is 18.1 Å². The van der Waals surface area contributed by atoms with Crippen molar-refractivity contribution in [1.82, 2.24) is 20.1 Å². The first-order chi connectivity index (χ1) is 13.3. The van der Waals surface area contributed by atoms with Crippen molar-refractivity contribution in [2.45, 2.75) is 13.8 Å². The highest BCUT2D eigenvalue weighted by Gasteiger charge is 2.18. The molecule has 3 rings (SSSR count). The van der Waals surface area contributed by atoms with Crippen LogP contribution in [0.5, 0.6) is 0 Å². The Morgan fingerprint density at radius 2 is 2.14 bits per heavy atom. The molecule has 0 saturated heterocycles. The van der Waals surface area contributed by atoms with E-state index < -0.39 is 23.2 Å². The van der Waals surface area contributed by atoms with Crippen LogP contribution in [0.15, 0.2) is 29.2 Å². The van der Waals surface area contributed by atoms with E-state index in [1.165, 1.54) is 6.20 Å². The van der Waals surface area contributed by atoms with Crippen LogP contribution in [0.1, 0.15) is 19.4 Å². The Bertz CT molecular complexity index is 1120. The summed E-state index contributed by atoms with van der Waals surface area (Å²) in [5.74, 6) is -1.38. The SMILES string of the molecule is CC(C)CNC(=O)Nc1ncc2c(=O)n(-c3ccc(F)cc3F)[nH]c2c1C=N. The summed E-state index contributed by atoms with van der Waals surface area (Å²) in [6, 6.07) is 2.31. The molecule has 146 valence electrons. The van der Waals surface area contributed by atoms with E-state index in [0.29, 0.717) is 12.6 Å². The molecule has 2 aromatic heterocycles. The summed E-state index contributed by atoms with van der Waals surface area (Å²) in [5.41, 5.74) is -0.455. The number of aromatic amines is 1. The Hall–Kier alpha value is -3.56. The third-order valence-corrected chi connectivity index (χ3v) is 3.97. The summed E-state index contributed by atoms with van der Waals surface area (Å²) in [6.45, 7) is 4.33. The Morgan fingerprint density at radius 3 is 2.79 bits per heavy atom. The number of nitrogens with one attached hydrogen (secondary N) is 4. The molecular weight excluding hydrogens is 370 g/mol. The third-order valence-electron chi connectivity index (χ3n) is 3.97. The fourth-order valence-corrected chi connectivity index (χ4v) is 2.61. The lowest BCUT2D eigenvalue weighted by atomic mass is 10.2. The molecule has 0 atom stereocenters. The molecule has 0 radical (unpaired) electrons. The number of halogens is 2. The van der Waals surface area contributed by atoms with Crippen LogP contribution < -0.4 is 16.2 Å². The highest BCUT2D eigenvalue weighted by Crippen LogP contribution is 2.21. The van der Waals surface area contributed by atoms with E-state index in [-0.39, 0.29) is 33.9 Å². The van der Waals surface area contributed by atoms with Crippen molar-refractivity contribution in [3.8, 4) is 5.69 Å². The minimum absolute atomic E-state index is 0.0664. The van der Waals surface area contributed by atoms with Crippen molar-refractivity contribution in [3.05, 3.63) is 51.9 Å². The quantitative estimate of drug-likeness (QED) is 0.504. The largest absolute Gasteiger partial charge is 0.338 e. The Balaban J connectivity index is 2.06. The monoisotopic (exact) mass is 388 g/mol. The summed E-state index contributed by atoms with van der Waals surface area (Å²) in [6.07, 6.45) is 2.14. The van der Waals surface area contributed by atoms with Gasteiger partial charge in [0.05, 0.1) is 16.5 Å². The molecule has 1 aromatic carbocycles. The number of amides is 2. The first-order valence-electron chi connectivity index (χ1n) is 8.46. The summed E-state index contributed by atoms with van der Waals surface area (Å²) < 4.78 is 28.1. The molecule has 4 N–H and O–H groups in total. The molecular formula is C18H18F2N6O2. The van der Waals surface area contributed by atoms with Crippen LogP contribution in [-0.4, -0.2) is 33.6 Å². The number of urea groups is 1. The molecule has 0 saturated carbocycles. The minimum Gasteiger partial charge on any atom is -0.338 e. The Kier molecular flexibility index (Phi) is 5.21. The highest BCUT2D eigenvalue weighted by molar-refractivity contribution is 6.04. The number of carbonyl (C=O) groups is 1. The Morgan fingerprint density at radius 1 is 1.39 bits per heavy atom. The molecule has 0 unspecified atom stereocenters. The van der Waals surface area contributed by atoms with E-state index in [1.807, 2.05) is 13.8 Å². The maximum absolute atomic E-state index is 14.1. The molecule has 0 aliphatic heterocycles. The van der Waals surface area contributed by atoms with Gasteiger partial charge in [-0.2, -0.15) is 0 Å². The number of carbonyl (C=O) groups excluding carboxylic acids is 1. The lowest BCUT2D eigenvalue weighted by molar-refractivity contribution is 0.251. The lowest BCUT2D eigenvalue weighted by Gasteiger charge is -2.10. The van der Waals surface area contributed by atoms with E-state index in [2.05, 4.69) is 20.7 Å². The first kappa shape index (κ1) is 19.2. The van der Waals surface area contributed by atoms with Gasteiger partial charge in [0.1, 0.15) is 17.3 Å².